The summed E-state index contributed by atoms with van der Waals surface area (Å²) in [7, 11) is -1.71. The van der Waals surface area contributed by atoms with E-state index in [1.165, 1.54) is 12.6 Å². The lowest BCUT2D eigenvalue weighted by Gasteiger charge is -2.40. The Hall–Kier alpha value is -0.790. The van der Waals surface area contributed by atoms with Crippen LogP contribution < -0.4 is 10.0 Å². The Morgan fingerprint density at radius 2 is 2.16 bits per heavy atom. The molecular weight excluding hydrogens is 282 g/mol. The Kier molecular flexibility index (Phi) is 4.37. The highest BCUT2D eigenvalue weighted by Crippen LogP contribution is 2.42. The number of hydrogen-bond acceptors (Lipinski definition) is 5. The molecule has 0 saturated heterocycles. The molecule has 1 saturated carbocycles. The molecule has 1 aromatic rings. The van der Waals surface area contributed by atoms with Crippen LogP contribution in [0.15, 0.2) is 23.2 Å². The fourth-order valence-corrected chi connectivity index (χ4v) is 4.10. The van der Waals surface area contributed by atoms with Crippen molar-refractivity contribution in [3.63, 3.8) is 0 Å². The Balaban J connectivity index is 2.05. The maximum Gasteiger partial charge on any atom is 0.242 e. The van der Waals surface area contributed by atoms with Crippen LogP contribution >= 0.6 is 11.8 Å². The van der Waals surface area contributed by atoms with Gasteiger partial charge < -0.3 is 5.32 Å². The van der Waals surface area contributed by atoms with E-state index in [2.05, 4.69) is 15.0 Å². The zero-order valence-corrected chi connectivity index (χ0v) is 12.8. The van der Waals surface area contributed by atoms with E-state index in [1.54, 1.807) is 30.9 Å². The number of thioether (sulfide) groups is 1. The summed E-state index contributed by atoms with van der Waals surface area (Å²) in [4.78, 5) is 4.24. The van der Waals surface area contributed by atoms with Crippen molar-refractivity contribution in [2.75, 3.05) is 25.2 Å². The van der Waals surface area contributed by atoms with Crippen molar-refractivity contribution in [3.8, 4) is 0 Å². The zero-order chi connectivity index (χ0) is 13.9. The molecule has 1 aromatic heterocycles. The second-order valence-corrected chi connectivity index (χ2v) is 7.74. The highest BCUT2D eigenvalue weighted by atomic mass is 32.2. The fourth-order valence-electron chi connectivity index (χ4n) is 2.02. The summed E-state index contributed by atoms with van der Waals surface area (Å²) in [5, 5.41) is 2.86. The van der Waals surface area contributed by atoms with E-state index < -0.39 is 10.0 Å². The molecule has 2 N–H and O–H groups in total. The molecular formula is C12H19N3O2S2. The third-order valence-electron chi connectivity index (χ3n) is 3.58. The normalized spacial score (nSPS) is 17.8. The van der Waals surface area contributed by atoms with Crippen LogP contribution in [0.4, 0.5) is 5.82 Å². The lowest BCUT2D eigenvalue weighted by molar-refractivity contribution is 0.362. The highest BCUT2D eigenvalue weighted by molar-refractivity contribution is 8.00. The van der Waals surface area contributed by atoms with Crippen LogP contribution in [0.25, 0.3) is 0 Å². The average molecular weight is 301 g/mol. The van der Waals surface area contributed by atoms with E-state index in [0.717, 1.165) is 12.8 Å². The second-order valence-electron chi connectivity index (χ2n) is 4.69. The van der Waals surface area contributed by atoms with Gasteiger partial charge in [0, 0.05) is 24.5 Å². The van der Waals surface area contributed by atoms with Crippen molar-refractivity contribution in [2.45, 2.75) is 28.9 Å². The molecule has 0 radical (unpaired) electrons. The van der Waals surface area contributed by atoms with Crippen LogP contribution in [0.3, 0.4) is 0 Å². The molecule has 19 heavy (non-hydrogen) atoms. The fraction of sp³-hybridized carbons (Fsp3) is 0.583. The monoisotopic (exact) mass is 301 g/mol. The molecule has 0 unspecified atom stereocenters. The van der Waals surface area contributed by atoms with Crippen molar-refractivity contribution >= 4 is 27.6 Å². The number of nitrogens with zero attached hydrogens (tertiary/aromatic N) is 1. The average Bonchev–Trinajstić information content (AvgIpc) is 2.38. The van der Waals surface area contributed by atoms with E-state index in [4.69, 9.17) is 0 Å². The van der Waals surface area contributed by atoms with Gasteiger partial charge in [-0.15, -0.1) is 0 Å². The quantitative estimate of drug-likeness (QED) is 0.836. The van der Waals surface area contributed by atoms with E-state index in [9.17, 15) is 8.42 Å². The molecule has 1 heterocycles. The highest BCUT2D eigenvalue weighted by Gasteiger charge is 2.37. The minimum Gasteiger partial charge on any atom is -0.373 e. The van der Waals surface area contributed by atoms with Gasteiger partial charge in [-0.3, -0.25) is 0 Å². The van der Waals surface area contributed by atoms with E-state index >= 15 is 0 Å². The Morgan fingerprint density at radius 1 is 1.42 bits per heavy atom. The van der Waals surface area contributed by atoms with E-state index in [-0.39, 0.29) is 9.64 Å². The smallest absolute Gasteiger partial charge is 0.242 e. The molecule has 0 spiro atoms. The molecule has 7 heteroatoms. The van der Waals surface area contributed by atoms with Gasteiger partial charge >= 0.3 is 0 Å². The topological polar surface area (TPSA) is 71.1 Å². The van der Waals surface area contributed by atoms with Crippen LogP contribution in [-0.4, -0.2) is 38.0 Å². The predicted molar refractivity (Wildman–Crippen MR) is 79.1 cm³/mol. The predicted octanol–water partition coefficient (Wildman–Crippen LogP) is 1.69. The molecule has 0 aliphatic heterocycles. The van der Waals surface area contributed by atoms with Gasteiger partial charge in [0.25, 0.3) is 0 Å². The van der Waals surface area contributed by atoms with Gasteiger partial charge in [-0.2, -0.15) is 11.8 Å². The van der Waals surface area contributed by atoms with Gasteiger partial charge in [-0.1, -0.05) is 6.42 Å². The zero-order valence-electron chi connectivity index (χ0n) is 11.1. The maximum atomic E-state index is 12.2. The van der Waals surface area contributed by atoms with Gasteiger partial charge in [0.05, 0.1) is 0 Å². The Labute approximate surface area is 118 Å². The van der Waals surface area contributed by atoms with Gasteiger partial charge in [0.15, 0.2) is 0 Å². The van der Waals surface area contributed by atoms with Crippen molar-refractivity contribution < 1.29 is 8.42 Å². The summed E-state index contributed by atoms with van der Waals surface area (Å²) in [5.41, 5.74) is 0. The van der Waals surface area contributed by atoms with Crippen LogP contribution in [0.5, 0.6) is 0 Å². The number of nitrogens with one attached hydrogen (secondary N) is 2. The third-order valence-corrected chi connectivity index (χ3v) is 6.39. The maximum absolute atomic E-state index is 12.2. The Morgan fingerprint density at radius 3 is 2.58 bits per heavy atom. The molecule has 2 rings (SSSR count). The number of sulfonamides is 1. The Bertz CT molecular complexity index is 519. The van der Waals surface area contributed by atoms with E-state index in [1.807, 2.05) is 6.26 Å². The molecule has 106 valence electrons. The van der Waals surface area contributed by atoms with Crippen molar-refractivity contribution in [2.24, 2.45) is 0 Å². The molecule has 0 aromatic carbocycles. The SMILES string of the molecule is CNc1ccc(S(=O)(=O)NCC2(SC)CCC2)cn1. The molecule has 1 aliphatic carbocycles. The molecule has 0 atom stereocenters. The van der Waals surface area contributed by atoms with Crippen LogP contribution in [-0.2, 0) is 10.0 Å². The molecule has 0 amide bonds. The van der Waals surface area contributed by atoms with Gasteiger partial charge in [0.1, 0.15) is 10.7 Å². The number of rotatable bonds is 6. The van der Waals surface area contributed by atoms with Crippen LogP contribution in [0.1, 0.15) is 19.3 Å². The summed E-state index contributed by atoms with van der Waals surface area (Å²) in [5.74, 6) is 0.651. The summed E-state index contributed by atoms with van der Waals surface area (Å²) in [6.45, 7) is 0.490. The van der Waals surface area contributed by atoms with E-state index in [0.29, 0.717) is 12.4 Å². The lowest BCUT2D eigenvalue weighted by Crippen LogP contribution is -2.45. The van der Waals surface area contributed by atoms with Crippen LogP contribution in [0.2, 0.25) is 0 Å². The summed E-state index contributed by atoms with van der Waals surface area (Å²) < 4.78 is 27.1. The molecule has 1 aliphatic rings. The van der Waals surface area contributed by atoms with Crippen molar-refractivity contribution in [1.29, 1.82) is 0 Å². The van der Waals surface area contributed by atoms with Gasteiger partial charge in [0.2, 0.25) is 10.0 Å². The van der Waals surface area contributed by atoms with Crippen molar-refractivity contribution in [3.05, 3.63) is 18.3 Å². The van der Waals surface area contributed by atoms with Gasteiger partial charge in [-0.05, 0) is 31.2 Å². The lowest BCUT2D eigenvalue weighted by atomic mass is 9.84. The molecule has 1 fully saturated rings. The molecule has 5 nitrogen and oxygen atoms in total. The minimum atomic E-state index is -3.46. The minimum absolute atomic E-state index is 0.0887. The first kappa shape index (κ1) is 14.6. The summed E-state index contributed by atoms with van der Waals surface area (Å²) in [6, 6.07) is 3.22. The number of anilines is 1. The van der Waals surface area contributed by atoms with Crippen LogP contribution in [0, 0.1) is 0 Å². The number of aromatic nitrogens is 1. The number of pyridine rings is 1. The first-order valence-electron chi connectivity index (χ1n) is 6.20. The second kappa shape index (κ2) is 5.68. The summed E-state index contributed by atoms with van der Waals surface area (Å²) in [6.07, 6.45) is 6.75. The van der Waals surface area contributed by atoms with Gasteiger partial charge in [-0.25, -0.2) is 18.1 Å². The van der Waals surface area contributed by atoms with Crippen molar-refractivity contribution in [1.82, 2.24) is 9.71 Å². The largest absolute Gasteiger partial charge is 0.373 e. The first-order chi connectivity index (χ1) is 9.01. The standard InChI is InChI=1S/C12H19N3O2S2/c1-13-11-5-4-10(8-14-11)19(16,17)15-9-12(18-2)6-3-7-12/h4-5,8,15H,3,6-7,9H2,1-2H3,(H,13,14). The molecule has 0 bridgehead atoms. The summed E-state index contributed by atoms with van der Waals surface area (Å²) >= 11 is 1.75. The first-order valence-corrected chi connectivity index (χ1v) is 8.91. The third kappa shape index (κ3) is 3.21. The number of hydrogen-bond donors (Lipinski definition) is 2.